The molecule has 0 aliphatic carbocycles. The Morgan fingerprint density at radius 3 is 2.58 bits per heavy atom. The van der Waals surface area contributed by atoms with Crippen LogP contribution in [0.2, 0.25) is 0 Å². The summed E-state index contributed by atoms with van der Waals surface area (Å²) >= 11 is 0. The van der Waals surface area contributed by atoms with Crippen LogP contribution in [0.1, 0.15) is 24.8 Å². The summed E-state index contributed by atoms with van der Waals surface area (Å²) in [6.45, 7) is 2.58. The molecule has 1 heterocycles. The predicted molar refractivity (Wildman–Crippen MR) is 75.2 cm³/mol. The Balaban J connectivity index is 2.12. The van der Waals surface area contributed by atoms with Gasteiger partial charge in [-0.15, -0.1) is 0 Å². The number of benzene rings is 1. The molecule has 3 N–H and O–H groups in total. The van der Waals surface area contributed by atoms with Gasteiger partial charge in [0.1, 0.15) is 5.82 Å². The molecular formula is C14H17N3O2. The topological polar surface area (TPSA) is 80.9 Å². The van der Waals surface area contributed by atoms with E-state index < -0.39 is 11.2 Å². The van der Waals surface area contributed by atoms with Gasteiger partial charge in [0.2, 0.25) is 0 Å². The van der Waals surface area contributed by atoms with Gasteiger partial charge in [-0.3, -0.25) is 14.3 Å². The van der Waals surface area contributed by atoms with Crippen molar-refractivity contribution in [2.45, 2.75) is 25.8 Å². The molecule has 0 spiro atoms. The molecule has 0 radical (unpaired) electrons. The van der Waals surface area contributed by atoms with Gasteiger partial charge in [0.25, 0.3) is 5.56 Å². The van der Waals surface area contributed by atoms with Crippen molar-refractivity contribution >= 4 is 5.82 Å². The summed E-state index contributed by atoms with van der Waals surface area (Å²) in [6, 6.07) is 11.3. The van der Waals surface area contributed by atoms with Crippen LogP contribution in [-0.4, -0.2) is 9.55 Å². The fraction of sp³-hybridized carbons (Fsp3) is 0.286. The Hall–Kier alpha value is -2.30. The molecule has 0 fully saturated rings. The van der Waals surface area contributed by atoms with Gasteiger partial charge in [0, 0.05) is 12.6 Å². The van der Waals surface area contributed by atoms with E-state index in [-0.39, 0.29) is 5.82 Å². The maximum Gasteiger partial charge on any atom is 0.329 e. The molecule has 19 heavy (non-hydrogen) atoms. The summed E-state index contributed by atoms with van der Waals surface area (Å²) in [6.07, 6.45) is 0.778. The Kier molecular flexibility index (Phi) is 3.85. The largest absolute Gasteiger partial charge is 0.385 e. The zero-order valence-electron chi connectivity index (χ0n) is 10.8. The lowest BCUT2D eigenvalue weighted by Gasteiger charge is -2.13. The number of nitrogens with two attached hydrogens (primary N) is 1. The maximum absolute atomic E-state index is 11.6. The molecule has 5 nitrogen and oxygen atoms in total. The van der Waals surface area contributed by atoms with Crippen LogP contribution in [0.3, 0.4) is 0 Å². The van der Waals surface area contributed by atoms with Crippen LogP contribution in [0.15, 0.2) is 46.0 Å². The highest BCUT2D eigenvalue weighted by molar-refractivity contribution is 5.26. The standard InChI is InChI=1S/C14H17N3O2/c1-10(11-5-3-2-4-6-11)7-8-17-12(15)9-13(18)16-14(17)19/h2-6,9-10H,7-8,15H2,1H3,(H,16,18,19). The van der Waals surface area contributed by atoms with E-state index in [2.05, 4.69) is 24.0 Å². The fourth-order valence-corrected chi connectivity index (χ4v) is 2.04. The number of rotatable bonds is 4. The minimum absolute atomic E-state index is 0.203. The van der Waals surface area contributed by atoms with Crippen molar-refractivity contribution in [3.63, 3.8) is 0 Å². The van der Waals surface area contributed by atoms with Crippen molar-refractivity contribution < 1.29 is 0 Å². The highest BCUT2D eigenvalue weighted by Gasteiger charge is 2.08. The molecule has 100 valence electrons. The Labute approximate surface area is 110 Å². The molecule has 0 aliphatic rings. The normalized spacial score (nSPS) is 12.3. The number of nitrogens with one attached hydrogen (secondary N) is 1. The molecule has 1 aromatic heterocycles. The van der Waals surface area contributed by atoms with E-state index in [0.29, 0.717) is 12.5 Å². The molecule has 0 amide bonds. The van der Waals surface area contributed by atoms with Crippen LogP contribution < -0.4 is 17.0 Å². The van der Waals surface area contributed by atoms with Gasteiger partial charge in [-0.05, 0) is 17.9 Å². The summed E-state index contributed by atoms with van der Waals surface area (Å²) < 4.78 is 1.39. The average Bonchev–Trinajstić information content (AvgIpc) is 2.38. The first-order valence-corrected chi connectivity index (χ1v) is 6.22. The van der Waals surface area contributed by atoms with E-state index in [1.807, 2.05) is 18.2 Å². The van der Waals surface area contributed by atoms with Crippen molar-refractivity contribution in [1.29, 1.82) is 0 Å². The van der Waals surface area contributed by atoms with Crippen molar-refractivity contribution in [2.24, 2.45) is 0 Å². The summed E-state index contributed by atoms with van der Waals surface area (Å²) in [5.74, 6) is 0.522. The highest BCUT2D eigenvalue weighted by Crippen LogP contribution is 2.19. The van der Waals surface area contributed by atoms with Gasteiger partial charge in [-0.2, -0.15) is 0 Å². The summed E-state index contributed by atoms with van der Waals surface area (Å²) in [5.41, 5.74) is 5.99. The number of nitrogen functional groups attached to an aromatic ring is 1. The molecule has 1 unspecified atom stereocenters. The summed E-state index contributed by atoms with van der Waals surface area (Å²) in [4.78, 5) is 24.9. The molecule has 0 saturated carbocycles. The molecule has 1 aromatic carbocycles. The van der Waals surface area contributed by atoms with Crippen LogP contribution in [0.5, 0.6) is 0 Å². The molecule has 0 bridgehead atoms. The van der Waals surface area contributed by atoms with Crippen LogP contribution in [0.25, 0.3) is 0 Å². The molecule has 2 aromatic rings. The Morgan fingerprint density at radius 2 is 1.95 bits per heavy atom. The first-order chi connectivity index (χ1) is 9.08. The van der Waals surface area contributed by atoms with Crippen LogP contribution in [0.4, 0.5) is 5.82 Å². The number of aromatic nitrogens is 2. The zero-order valence-corrected chi connectivity index (χ0v) is 10.8. The average molecular weight is 259 g/mol. The quantitative estimate of drug-likeness (QED) is 0.868. The molecular weight excluding hydrogens is 242 g/mol. The number of hydrogen-bond acceptors (Lipinski definition) is 3. The summed E-state index contributed by atoms with van der Waals surface area (Å²) in [5, 5.41) is 0. The third-order valence-corrected chi connectivity index (χ3v) is 3.22. The molecule has 0 aliphatic heterocycles. The van der Waals surface area contributed by atoms with E-state index in [0.717, 1.165) is 6.42 Å². The second-order valence-corrected chi connectivity index (χ2v) is 4.62. The highest BCUT2D eigenvalue weighted by atomic mass is 16.2. The van der Waals surface area contributed by atoms with Gasteiger partial charge < -0.3 is 5.73 Å². The van der Waals surface area contributed by atoms with Gasteiger partial charge in [-0.25, -0.2) is 4.79 Å². The van der Waals surface area contributed by atoms with E-state index in [4.69, 9.17) is 5.73 Å². The van der Waals surface area contributed by atoms with E-state index in [1.165, 1.54) is 16.2 Å². The number of H-pyrrole nitrogens is 1. The first kappa shape index (κ1) is 13.1. The third kappa shape index (κ3) is 3.13. The lowest BCUT2D eigenvalue weighted by molar-refractivity contribution is 0.559. The fourth-order valence-electron chi connectivity index (χ4n) is 2.04. The molecule has 2 rings (SSSR count). The second-order valence-electron chi connectivity index (χ2n) is 4.62. The van der Waals surface area contributed by atoms with Gasteiger partial charge >= 0.3 is 5.69 Å². The Morgan fingerprint density at radius 1 is 1.26 bits per heavy atom. The SMILES string of the molecule is CC(CCn1c(N)cc(=O)[nH]c1=O)c1ccccc1. The van der Waals surface area contributed by atoms with Gasteiger partial charge in [0.05, 0.1) is 0 Å². The van der Waals surface area contributed by atoms with Crippen molar-refractivity contribution in [3.8, 4) is 0 Å². The van der Waals surface area contributed by atoms with Crippen molar-refractivity contribution in [1.82, 2.24) is 9.55 Å². The lowest BCUT2D eigenvalue weighted by Crippen LogP contribution is -2.31. The smallest absolute Gasteiger partial charge is 0.329 e. The number of nitrogens with zero attached hydrogens (tertiary/aromatic N) is 1. The van der Waals surface area contributed by atoms with Crippen LogP contribution in [-0.2, 0) is 6.54 Å². The number of aromatic amines is 1. The lowest BCUT2D eigenvalue weighted by atomic mass is 9.98. The minimum Gasteiger partial charge on any atom is -0.385 e. The maximum atomic E-state index is 11.6. The third-order valence-electron chi connectivity index (χ3n) is 3.22. The Bertz CT molecular complexity index is 658. The zero-order chi connectivity index (χ0) is 13.8. The number of anilines is 1. The first-order valence-electron chi connectivity index (χ1n) is 6.22. The van der Waals surface area contributed by atoms with E-state index in [9.17, 15) is 9.59 Å². The molecule has 0 saturated heterocycles. The van der Waals surface area contributed by atoms with Gasteiger partial charge in [0.15, 0.2) is 0 Å². The molecule has 1 atom stereocenters. The van der Waals surface area contributed by atoms with Crippen molar-refractivity contribution in [3.05, 3.63) is 62.8 Å². The second kappa shape index (κ2) is 5.56. The number of hydrogen-bond donors (Lipinski definition) is 2. The van der Waals surface area contributed by atoms with Crippen LogP contribution in [0, 0.1) is 0 Å². The van der Waals surface area contributed by atoms with Crippen LogP contribution >= 0.6 is 0 Å². The summed E-state index contributed by atoms with van der Waals surface area (Å²) in [7, 11) is 0. The predicted octanol–water partition coefficient (Wildman–Crippen LogP) is 1.31. The molecule has 5 heteroatoms. The van der Waals surface area contributed by atoms with E-state index >= 15 is 0 Å². The van der Waals surface area contributed by atoms with Gasteiger partial charge in [-0.1, -0.05) is 37.3 Å². The van der Waals surface area contributed by atoms with Crippen molar-refractivity contribution in [2.75, 3.05) is 5.73 Å². The minimum atomic E-state index is -0.463. The monoisotopic (exact) mass is 259 g/mol. The van der Waals surface area contributed by atoms with E-state index in [1.54, 1.807) is 0 Å².